The fourth-order valence-corrected chi connectivity index (χ4v) is 5.70. The standard InChI is InChI=1S/C37H25F3N2O7/c1-46-25-12-8-21(9-13-25)29-19-48-33-17-26(14-15-27(33)35(29)44)47-20-34(43)42-31(22-6-10-24(11-7-22)37(38,39)40)18-30(41-42)28-16-23-4-2-3-5-32(23)49-36(28)45/h2-17,19,31H,18,20H2,1H3. The van der Waals surface area contributed by atoms with E-state index >= 15 is 0 Å². The zero-order chi connectivity index (χ0) is 34.3. The molecular weight excluding hydrogens is 641 g/mol. The minimum atomic E-state index is -4.54. The lowest BCUT2D eigenvalue weighted by Gasteiger charge is -2.22. The van der Waals surface area contributed by atoms with E-state index in [0.717, 1.165) is 17.1 Å². The second kappa shape index (κ2) is 12.5. The summed E-state index contributed by atoms with van der Waals surface area (Å²) < 4.78 is 62.0. The summed E-state index contributed by atoms with van der Waals surface area (Å²) in [4.78, 5) is 39.8. The van der Waals surface area contributed by atoms with E-state index in [2.05, 4.69) is 5.10 Å². The molecule has 0 spiro atoms. The van der Waals surface area contributed by atoms with E-state index in [4.69, 9.17) is 18.3 Å². The number of carbonyl (C=O) groups is 1. The Hall–Kier alpha value is -6.17. The van der Waals surface area contributed by atoms with Gasteiger partial charge < -0.3 is 18.3 Å². The number of fused-ring (bicyclic) bond motifs is 2. The highest BCUT2D eigenvalue weighted by Gasteiger charge is 2.36. The third kappa shape index (κ3) is 6.16. The van der Waals surface area contributed by atoms with Crippen LogP contribution in [0, 0.1) is 0 Å². The van der Waals surface area contributed by atoms with Crippen molar-refractivity contribution in [3.8, 4) is 22.6 Å². The van der Waals surface area contributed by atoms with Crippen LogP contribution in [0.2, 0.25) is 0 Å². The molecule has 0 N–H and O–H groups in total. The van der Waals surface area contributed by atoms with Gasteiger partial charge in [-0.2, -0.15) is 18.3 Å². The van der Waals surface area contributed by atoms with Crippen LogP contribution in [0.1, 0.15) is 29.2 Å². The Kier molecular flexibility index (Phi) is 7.99. The number of rotatable bonds is 7. The van der Waals surface area contributed by atoms with Crippen molar-refractivity contribution in [2.75, 3.05) is 13.7 Å². The third-order valence-corrected chi connectivity index (χ3v) is 8.25. The summed E-state index contributed by atoms with van der Waals surface area (Å²) in [5.41, 5.74) is 0.596. The smallest absolute Gasteiger partial charge is 0.416 e. The summed E-state index contributed by atoms with van der Waals surface area (Å²) >= 11 is 0. The van der Waals surface area contributed by atoms with E-state index < -0.39 is 35.9 Å². The van der Waals surface area contributed by atoms with Crippen LogP contribution in [0.25, 0.3) is 33.1 Å². The number of benzene rings is 4. The Bertz CT molecular complexity index is 2360. The van der Waals surface area contributed by atoms with Crippen molar-refractivity contribution >= 4 is 33.6 Å². The second-order valence-corrected chi connectivity index (χ2v) is 11.3. The monoisotopic (exact) mass is 666 g/mol. The van der Waals surface area contributed by atoms with E-state index in [1.807, 2.05) is 0 Å². The Morgan fingerprint density at radius 1 is 0.898 bits per heavy atom. The molecule has 246 valence electrons. The molecular formula is C37H25F3N2O7. The van der Waals surface area contributed by atoms with Crippen LogP contribution in [0.3, 0.4) is 0 Å². The van der Waals surface area contributed by atoms with Gasteiger partial charge in [0.25, 0.3) is 5.91 Å². The van der Waals surface area contributed by atoms with E-state index in [1.165, 1.54) is 36.6 Å². The summed E-state index contributed by atoms with van der Waals surface area (Å²) in [5, 5.41) is 6.49. The third-order valence-electron chi connectivity index (χ3n) is 8.25. The number of ether oxygens (including phenoxy) is 2. The van der Waals surface area contributed by atoms with Gasteiger partial charge in [-0.15, -0.1) is 0 Å². The number of para-hydroxylation sites is 1. The lowest BCUT2D eigenvalue weighted by atomic mass is 9.97. The SMILES string of the molecule is COc1ccc(-c2coc3cc(OCC(=O)N4N=C(c5cc6ccccc6oc5=O)CC4c4ccc(C(F)(F)F)cc4)ccc3c2=O)cc1. The van der Waals surface area contributed by atoms with Gasteiger partial charge in [-0.25, -0.2) is 9.80 Å². The highest BCUT2D eigenvalue weighted by Crippen LogP contribution is 2.36. The summed E-state index contributed by atoms with van der Waals surface area (Å²) in [6, 6.07) is 23.6. The van der Waals surface area contributed by atoms with E-state index in [9.17, 15) is 27.6 Å². The maximum absolute atomic E-state index is 13.6. The molecule has 0 bridgehead atoms. The number of hydrogen-bond acceptors (Lipinski definition) is 8. The first kappa shape index (κ1) is 31.4. The largest absolute Gasteiger partial charge is 0.497 e. The molecule has 3 heterocycles. The first-order valence-electron chi connectivity index (χ1n) is 15.0. The van der Waals surface area contributed by atoms with Gasteiger partial charge in [-0.05, 0) is 59.7 Å². The van der Waals surface area contributed by atoms with Gasteiger partial charge in [0.05, 0.1) is 40.9 Å². The molecule has 12 heteroatoms. The predicted molar refractivity (Wildman–Crippen MR) is 175 cm³/mol. The normalized spacial score (nSPS) is 14.7. The van der Waals surface area contributed by atoms with Crippen LogP contribution in [-0.4, -0.2) is 30.3 Å². The molecule has 2 aromatic heterocycles. The molecule has 6 aromatic rings. The van der Waals surface area contributed by atoms with Gasteiger partial charge in [0.1, 0.15) is 28.9 Å². The highest BCUT2D eigenvalue weighted by atomic mass is 19.4. The van der Waals surface area contributed by atoms with Crippen molar-refractivity contribution in [3.63, 3.8) is 0 Å². The molecule has 7 rings (SSSR count). The van der Waals surface area contributed by atoms with Gasteiger partial charge in [-0.1, -0.05) is 42.5 Å². The van der Waals surface area contributed by atoms with Crippen LogP contribution in [0.15, 0.2) is 127 Å². The first-order valence-corrected chi connectivity index (χ1v) is 15.0. The van der Waals surface area contributed by atoms with Crippen LogP contribution in [0.4, 0.5) is 13.2 Å². The molecule has 9 nitrogen and oxygen atoms in total. The van der Waals surface area contributed by atoms with Crippen molar-refractivity contribution < 1.29 is 36.3 Å². The molecule has 1 aliphatic heterocycles. The summed E-state index contributed by atoms with van der Waals surface area (Å²) in [6.07, 6.45) is -3.16. The molecule has 0 aliphatic carbocycles. The quantitative estimate of drug-likeness (QED) is 0.164. The molecule has 1 atom stereocenters. The number of hydrogen-bond donors (Lipinski definition) is 0. The van der Waals surface area contributed by atoms with E-state index in [-0.39, 0.29) is 34.5 Å². The maximum Gasteiger partial charge on any atom is 0.416 e. The van der Waals surface area contributed by atoms with Crippen LogP contribution >= 0.6 is 0 Å². The summed E-state index contributed by atoms with van der Waals surface area (Å²) in [5.74, 6) is 0.249. The number of nitrogens with zero attached hydrogens (tertiary/aromatic N) is 2. The van der Waals surface area contributed by atoms with Gasteiger partial charge in [-0.3, -0.25) is 9.59 Å². The van der Waals surface area contributed by atoms with Gasteiger partial charge in [0.15, 0.2) is 12.0 Å². The molecule has 4 aromatic carbocycles. The lowest BCUT2D eigenvalue weighted by Crippen LogP contribution is -2.31. The average Bonchev–Trinajstić information content (AvgIpc) is 3.56. The zero-order valence-electron chi connectivity index (χ0n) is 25.7. The number of halogens is 3. The van der Waals surface area contributed by atoms with Gasteiger partial charge >= 0.3 is 11.8 Å². The lowest BCUT2D eigenvalue weighted by molar-refractivity contribution is -0.138. The van der Waals surface area contributed by atoms with Crippen LogP contribution in [-0.2, 0) is 11.0 Å². The van der Waals surface area contributed by atoms with E-state index in [0.29, 0.717) is 38.8 Å². The minimum Gasteiger partial charge on any atom is -0.497 e. The minimum absolute atomic E-state index is 0.0395. The van der Waals surface area contributed by atoms with Crippen LogP contribution in [0.5, 0.6) is 11.5 Å². The predicted octanol–water partition coefficient (Wildman–Crippen LogP) is 7.35. The highest BCUT2D eigenvalue weighted by molar-refractivity contribution is 6.04. The van der Waals surface area contributed by atoms with Crippen molar-refractivity contribution in [1.82, 2.24) is 5.01 Å². The van der Waals surface area contributed by atoms with E-state index in [1.54, 1.807) is 61.7 Å². The topological polar surface area (TPSA) is 112 Å². The first-order chi connectivity index (χ1) is 23.6. The van der Waals surface area contributed by atoms with Crippen molar-refractivity contribution in [2.24, 2.45) is 5.10 Å². The van der Waals surface area contributed by atoms with Gasteiger partial charge in [0.2, 0.25) is 0 Å². The zero-order valence-corrected chi connectivity index (χ0v) is 25.7. The van der Waals surface area contributed by atoms with Crippen molar-refractivity contribution in [3.05, 3.63) is 141 Å². The van der Waals surface area contributed by atoms with Crippen LogP contribution < -0.4 is 20.5 Å². The molecule has 1 unspecified atom stereocenters. The molecule has 0 saturated carbocycles. The molecule has 0 saturated heterocycles. The van der Waals surface area contributed by atoms with Crippen molar-refractivity contribution in [2.45, 2.75) is 18.6 Å². The molecule has 49 heavy (non-hydrogen) atoms. The molecule has 0 fully saturated rings. The number of methoxy groups -OCH3 is 1. The van der Waals surface area contributed by atoms with Crippen molar-refractivity contribution in [1.29, 1.82) is 0 Å². The average molecular weight is 667 g/mol. The second-order valence-electron chi connectivity index (χ2n) is 11.3. The Balaban J connectivity index is 1.16. The molecule has 1 aliphatic rings. The Labute approximate surface area is 275 Å². The molecule has 1 amide bonds. The summed E-state index contributed by atoms with van der Waals surface area (Å²) in [7, 11) is 1.55. The number of hydrazone groups is 1. The number of alkyl halides is 3. The Morgan fingerprint density at radius 3 is 2.37 bits per heavy atom. The number of amides is 1. The Morgan fingerprint density at radius 2 is 1.63 bits per heavy atom. The maximum atomic E-state index is 13.6. The van der Waals surface area contributed by atoms with Gasteiger partial charge in [0, 0.05) is 17.9 Å². The summed E-state index contributed by atoms with van der Waals surface area (Å²) in [6.45, 7) is -0.514. The fraction of sp³-hybridized carbons (Fsp3) is 0.135. The fourth-order valence-electron chi connectivity index (χ4n) is 5.70. The number of carbonyl (C=O) groups excluding carboxylic acids is 1. The molecule has 0 radical (unpaired) electrons.